The van der Waals surface area contributed by atoms with Gasteiger partial charge in [0.05, 0.1) is 6.04 Å². The van der Waals surface area contributed by atoms with Gasteiger partial charge in [-0.05, 0) is 17.0 Å². The fourth-order valence-electron chi connectivity index (χ4n) is 2.24. The molecule has 0 radical (unpaired) electrons. The minimum atomic E-state index is 0.133. The van der Waals surface area contributed by atoms with Crippen molar-refractivity contribution in [2.24, 2.45) is 11.0 Å². The minimum Gasteiger partial charge on any atom is -0.298 e. The maximum Gasteiger partial charge on any atom is 0.0539 e. The first-order chi connectivity index (χ1) is 7.79. The largest absolute Gasteiger partial charge is 0.298 e. The highest BCUT2D eigenvalue weighted by atomic mass is 15.2. The predicted molar refractivity (Wildman–Crippen MR) is 63.8 cm³/mol. The van der Waals surface area contributed by atoms with E-state index in [0.29, 0.717) is 5.92 Å². The van der Waals surface area contributed by atoms with Crippen LogP contribution in [0.15, 0.2) is 35.4 Å². The maximum absolute atomic E-state index is 8.46. The Kier molecular flexibility index (Phi) is 3.44. The average Bonchev–Trinajstić information content (AvgIpc) is 2.61. The summed E-state index contributed by atoms with van der Waals surface area (Å²) >= 11 is 0. The van der Waals surface area contributed by atoms with E-state index in [1.54, 1.807) is 0 Å². The predicted octanol–water partition coefficient (Wildman–Crippen LogP) is 2.82. The highest BCUT2D eigenvalue weighted by Gasteiger charge is 2.28. The molecule has 4 nitrogen and oxygen atoms in total. The number of nitrogens with zero attached hydrogens (tertiary/aromatic N) is 4. The highest BCUT2D eigenvalue weighted by Crippen LogP contribution is 2.21. The van der Waals surface area contributed by atoms with Crippen molar-refractivity contribution in [2.75, 3.05) is 13.1 Å². The van der Waals surface area contributed by atoms with Crippen molar-refractivity contribution in [3.63, 3.8) is 0 Å². The topological polar surface area (TPSA) is 52.0 Å². The van der Waals surface area contributed by atoms with Crippen molar-refractivity contribution < 1.29 is 0 Å². The van der Waals surface area contributed by atoms with Gasteiger partial charge in [0.15, 0.2) is 0 Å². The molecular formula is C12H16N4. The molecule has 0 N–H and O–H groups in total. The van der Waals surface area contributed by atoms with Gasteiger partial charge < -0.3 is 0 Å². The summed E-state index contributed by atoms with van der Waals surface area (Å²) in [7, 11) is 0. The summed E-state index contributed by atoms with van der Waals surface area (Å²) in [4.78, 5) is 5.25. The summed E-state index contributed by atoms with van der Waals surface area (Å²) in [6.07, 6.45) is 0. The second-order valence-corrected chi connectivity index (χ2v) is 4.43. The van der Waals surface area contributed by atoms with E-state index in [0.717, 1.165) is 19.6 Å². The number of rotatable bonds is 3. The molecule has 0 saturated carbocycles. The van der Waals surface area contributed by atoms with Gasteiger partial charge in [-0.2, -0.15) is 0 Å². The quantitative estimate of drug-likeness (QED) is 0.435. The summed E-state index contributed by atoms with van der Waals surface area (Å²) in [6, 6.07) is 10.5. The van der Waals surface area contributed by atoms with Crippen LogP contribution >= 0.6 is 0 Å². The number of hydrogen-bond donors (Lipinski definition) is 0. The van der Waals surface area contributed by atoms with Gasteiger partial charge in [-0.3, -0.25) is 4.90 Å². The Morgan fingerprint density at radius 3 is 2.81 bits per heavy atom. The standard InChI is InChI=1S/C12H16N4/c1-10-7-16(9-12(10)14-15-13)8-11-5-3-2-4-6-11/h2-6,10,12H,7-9H2,1H3/t10-,12-/m0/s1. The zero-order chi connectivity index (χ0) is 11.4. The van der Waals surface area contributed by atoms with Gasteiger partial charge >= 0.3 is 0 Å². The number of hydrogen-bond acceptors (Lipinski definition) is 2. The van der Waals surface area contributed by atoms with Crippen LogP contribution in [0.2, 0.25) is 0 Å². The molecular weight excluding hydrogens is 200 g/mol. The van der Waals surface area contributed by atoms with Gasteiger partial charge in [0, 0.05) is 24.5 Å². The number of likely N-dealkylation sites (tertiary alicyclic amines) is 1. The molecule has 0 amide bonds. The molecule has 2 atom stereocenters. The van der Waals surface area contributed by atoms with Crippen LogP contribution in [-0.4, -0.2) is 24.0 Å². The summed E-state index contributed by atoms with van der Waals surface area (Å²) in [5.41, 5.74) is 9.78. The molecule has 2 rings (SSSR count). The Balaban J connectivity index is 1.96. The first-order valence-electron chi connectivity index (χ1n) is 5.60. The molecule has 1 aromatic carbocycles. The van der Waals surface area contributed by atoms with E-state index in [9.17, 15) is 0 Å². The van der Waals surface area contributed by atoms with Crippen molar-refractivity contribution in [1.82, 2.24) is 4.90 Å². The maximum atomic E-state index is 8.46. The molecule has 1 fully saturated rings. The van der Waals surface area contributed by atoms with Crippen LogP contribution in [0.25, 0.3) is 10.4 Å². The lowest BCUT2D eigenvalue weighted by Crippen LogP contribution is -2.20. The second-order valence-electron chi connectivity index (χ2n) is 4.43. The summed E-state index contributed by atoms with van der Waals surface area (Å²) in [5, 5.41) is 3.84. The van der Waals surface area contributed by atoms with E-state index in [-0.39, 0.29) is 6.04 Å². The van der Waals surface area contributed by atoms with Crippen molar-refractivity contribution >= 4 is 0 Å². The van der Waals surface area contributed by atoms with Crippen LogP contribution in [0.1, 0.15) is 12.5 Å². The van der Waals surface area contributed by atoms with Crippen molar-refractivity contribution in [3.05, 3.63) is 46.3 Å². The van der Waals surface area contributed by atoms with E-state index in [1.807, 2.05) is 6.07 Å². The molecule has 16 heavy (non-hydrogen) atoms. The van der Waals surface area contributed by atoms with Crippen molar-refractivity contribution in [1.29, 1.82) is 0 Å². The highest BCUT2D eigenvalue weighted by molar-refractivity contribution is 5.14. The van der Waals surface area contributed by atoms with Gasteiger partial charge in [-0.25, -0.2) is 0 Å². The molecule has 4 heteroatoms. The first-order valence-corrected chi connectivity index (χ1v) is 5.60. The summed E-state index contributed by atoms with van der Waals surface area (Å²) in [5.74, 6) is 0.458. The van der Waals surface area contributed by atoms with Gasteiger partial charge in [0.25, 0.3) is 0 Å². The smallest absolute Gasteiger partial charge is 0.0539 e. The molecule has 1 saturated heterocycles. The third kappa shape index (κ3) is 2.54. The molecule has 84 valence electrons. The van der Waals surface area contributed by atoms with Crippen molar-refractivity contribution in [3.8, 4) is 0 Å². The lowest BCUT2D eigenvalue weighted by Gasteiger charge is -2.14. The summed E-state index contributed by atoms with van der Waals surface area (Å²) < 4.78 is 0. The Hall–Kier alpha value is -1.51. The van der Waals surface area contributed by atoms with E-state index in [4.69, 9.17) is 5.53 Å². The molecule has 0 unspecified atom stereocenters. The Labute approximate surface area is 95.5 Å². The Bertz CT molecular complexity index is 383. The van der Waals surface area contributed by atoms with Crippen LogP contribution < -0.4 is 0 Å². The molecule has 0 aliphatic carbocycles. The monoisotopic (exact) mass is 216 g/mol. The average molecular weight is 216 g/mol. The normalized spacial score (nSPS) is 25.3. The SMILES string of the molecule is C[C@H]1CN(Cc2ccccc2)C[C@@H]1N=[N+]=[N-]. The molecule has 0 spiro atoms. The lowest BCUT2D eigenvalue weighted by atomic mass is 10.1. The minimum absolute atomic E-state index is 0.133. The van der Waals surface area contributed by atoms with E-state index < -0.39 is 0 Å². The fourth-order valence-corrected chi connectivity index (χ4v) is 2.24. The van der Waals surface area contributed by atoms with Gasteiger partial charge in [0.1, 0.15) is 0 Å². The molecule has 1 aromatic rings. The van der Waals surface area contributed by atoms with Crippen LogP contribution in [0.3, 0.4) is 0 Å². The van der Waals surface area contributed by atoms with Crippen LogP contribution in [0.5, 0.6) is 0 Å². The Morgan fingerprint density at radius 2 is 2.12 bits per heavy atom. The van der Waals surface area contributed by atoms with E-state index in [1.165, 1.54) is 5.56 Å². The van der Waals surface area contributed by atoms with Crippen LogP contribution in [0.4, 0.5) is 0 Å². The third-order valence-electron chi connectivity index (χ3n) is 3.10. The van der Waals surface area contributed by atoms with Gasteiger partial charge in [-0.15, -0.1) is 0 Å². The van der Waals surface area contributed by atoms with Gasteiger partial charge in [0.2, 0.25) is 0 Å². The zero-order valence-corrected chi connectivity index (χ0v) is 9.45. The first kappa shape index (κ1) is 11.0. The van der Waals surface area contributed by atoms with E-state index >= 15 is 0 Å². The van der Waals surface area contributed by atoms with Crippen molar-refractivity contribution in [2.45, 2.75) is 19.5 Å². The van der Waals surface area contributed by atoms with Gasteiger partial charge in [-0.1, -0.05) is 42.4 Å². The Morgan fingerprint density at radius 1 is 1.38 bits per heavy atom. The fraction of sp³-hybridized carbons (Fsp3) is 0.500. The number of azide groups is 1. The zero-order valence-electron chi connectivity index (χ0n) is 9.45. The lowest BCUT2D eigenvalue weighted by molar-refractivity contribution is 0.319. The molecule has 0 aromatic heterocycles. The van der Waals surface area contributed by atoms with Crippen LogP contribution in [-0.2, 0) is 6.54 Å². The summed E-state index contributed by atoms with van der Waals surface area (Å²) in [6.45, 7) is 4.98. The third-order valence-corrected chi connectivity index (χ3v) is 3.10. The molecule has 1 heterocycles. The second kappa shape index (κ2) is 5.01. The number of benzene rings is 1. The van der Waals surface area contributed by atoms with E-state index in [2.05, 4.69) is 46.1 Å². The van der Waals surface area contributed by atoms with Crippen LogP contribution in [0, 0.1) is 5.92 Å². The molecule has 0 bridgehead atoms. The molecule has 1 aliphatic heterocycles. The molecule has 1 aliphatic rings.